The van der Waals surface area contributed by atoms with E-state index in [1.165, 1.54) is 19.4 Å². The molecule has 0 aliphatic heterocycles. The van der Waals surface area contributed by atoms with E-state index >= 15 is 0 Å². The fourth-order valence-electron chi connectivity index (χ4n) is 2.23. The van der Waals surface area contributed by atoms with Gasteiger partial charge < -0.3 is 15.4 Å². The van der Waals surface area contributed by atoms with Gasteiger partial charge in [-0.1, -0.05) is 11.6 Å². The highest BCUT2D eigenvalue weighted by Gasteiger charge is 2.15. The molecule has 7 nitrogen and oxygen atoms in total. The first-order chi connectivity index (χ1) is 12.5. The van der Waals surface area contributed by atoms with Crippen molar-refractivity contribution >= 4 is 29.1 Å². The van der Waals surface area contributed by atoms with Crippen LogP contribution in [0.3, 0.4) is 0 Å². The van der Waals surface area contributed by atoms with Gasteiger partial charge in [-0.25, -0.2) is 13.8 Å². The van der Waals surface area contributed by atoms with Crippen LogP contribution < -0.4 is 15.4 Å². The molecule has 0 amide bonds. The van der Waals surface area contributed by atoms with Crippen LogP contribution in [-0.4, -0.2) is 26.9 Å². The van der Waals surface area contributed by atoms with E-state index in [0.717, 1.165) is 6.07 Å². The summed E-state index contributed by atoms with van der Waals surface area (Å²) in [6, 6.07) is 2.36. The van der Waals surface area contributed by atoms with Crippen LogP contribution in [0, 0.1) is 11.6 Å². The summed E-state index contributed by atoms with van der Waals surface area (Å²) in [6.45, 7) is -0.169. The number of benzene rings is 1. The summed E-state index contributed by atoms with van der Waals surface area (Å²) in [5.41, 5.74) is 0.506. The highest BCUT2D eigenvalue weighted by Crippen LogP contribution is 2.26. The molecule has 2 N–H and O–H groups in total. The Balaban J connectivity index is 1.79. The third-order valence-corrected chi connectivity index (χ3v) is 3.78. The minimum atomic E-state index is -0.779. The molecule has 136 valence electrons. The summed E-state index contributed by atoms with van der Waals surface area (Å²) >= 11 is 6.06. The Morgan fingerprint density at radius 1 is 1.27 bits per heavy atom. The number of aromatic nitrogens is 4. The molecule has 0 fully saturated rings. The molecule has 0 unspecified atom stereocenters. The first-order valence-electron chi connectivity index (χ1n) is 7.51. The molecule has 0 spiro atoms. The minimum Gasteiger partial charge on any atom is -0.494 e. The molecule has 1 aromatic carbocycles. The van der Waals surface area contributed by atoms with Gasteiger partial charge in [0.2, 0.25) is 5.95 Å². The summed E-state index contributed by atoms with van der Waals surface area (Å²) in [6.07, 6.45) is 4.73. The van der Waals surface area contributed by atoms with Crippen molar-refractivity contribution in [3.05, 3.63) is 52.9 Å². The molecule has 2 aromatic heterocycles. The van der Waals surface area contributed by atoms with Gasteiger partial charge in [0.1, 0.15) is 10.8 Å². The molecule has 0 aliphatic carbocycles. The summed E-state index contributed by atoms with van der Waals surface area (Å²) < 4.78 is 34.6. The number of methoxy groups -OCH3 is 1. The molecule has 0 atom stereocenters. The zero-order valence-corrected chi connectivity index (χ0v) is 14.7. The van der Waals surface area contributed by atoms with Gasteiger partial charge >= 0.3 is 0 Å². The van der Waals surface area contributed by atoms with E-state index < -0.39 is 11.6 Å². The number of aryl methyl sites for hydroxylation is 1. The molecule has 3 rings (SSSR count). The quantitative estimate of drug-likeness (QED) is 0.681. The third-order valence-electron chi connectivity index (χ3n) is 3.51. The first-order valence-corrected chi connectivity index (χ1v) is 7.88. The second kappa shape index (κ2) is 7.52. The van der Waals surface area contributed by atoms with Gasteiger partial charge in [-0.3, -0.25) is 4.68 Å². The predicted octanol–water partition coefficient (Wildman–Crippen LogP) is 3.51. The van der Waals surface area contributed by atoms with Gasteiger partial charge in [0.15, 0.2) is 17.4 Å². The molecule has 2 heterocycles. The smallest absolute Gasteiger partial charge is 0.229 e. The molecule has 0 saturated carbocycles. The van der Waals surface area contributed by atoms with Crippen molar-refractivity contribution in [3.63, 3.8) is 0 Å². The molecular weight excluding hydrogens is 366 g/mol. The fraction of sp³-hybridized carbons (Fsp3) is 0.188. The highest BCUT2D eigenvalue weighted by molar-refractivity contribution is 6.32. The molecule has 3 aromatic rings. The maximum atomic E-state index is 14.2. The summed E-state index contributed by atoms with van der Waals surface area (Å²) in [4.78, 5) is 8.28. The average Bonchev–Trinajstić information content (AvgIpc) is 3.02. The van der Waals surface area contributed by atoms with Gasteiger partial charge in [0, 0.05) is 25.4 Å². The van der Waals surface area contributed by atoms with E-state index in [4.69, 9.17) is 16.3 Å². The second-order valence-corrected chi connectivity index (χ2v) is 5.72. The van der Waals surface area contributed by atoms with E-state index in [1.54, 1.807) is 24.1 Å². The van der Waals surface area contributed by atoms with Gasteiger partial charge in [0.05, 0.1) is 25.2 Å². The monoisotopic (exact) mass is 380 g/mol. The molecule has 0 bridgehead atoms. The number of hydrogen-bond acceptors (Lipinski definition) is 6. The number of anilines is 3. The van der Waals surface area contributed by atoms with E-state index in [2.05, 4.69) is 25.7 Å². The molecule has 0 radical (unpaired) electrons. The Kier molecular flexibility index (Phi) is 5.17. The number of hydrogen-bond donors (Lipinski definition) is 2. The average molecular weight is 381 g/mol. The maximum absolute atomic E-state index is 14.2. The van der Waals surface area contributed by atoms with E-state index in [0.29, 0.717) is 5.69 Å². The lowest BCUT2D eigenvalue weighted by atomic mass is 10.2. The van der Waals surface area contributed by atoms with Crippen molar-refractivity contribution in [2.24, 2.45) is 7.05 Å². The normalized spacial score (nSPS) is 10.7. The Bertz CT molecular complexity index is 933. The van der Waals surface area contributed by atoms with Crippen LogP contribution in [0.1, 0.15) is 5.56 Å². The minimum absolute atomic E-state index is 0.0454. The fourth-order valence-corrected chi connectivity index (χ4v) is 2.39. The topological polar surface area (TPSA) is 76.9 Å². The van der Waals surface area contributed by atoms with Gasteiger partial charge in [-0.2, -0.15) is 10.1 Å². The zero-order chi connectivity index (χ0) is 18.7. The number of nitrogens with zero attached hydrogens (tertiary/aromatic N) is 4. The molecule has 0 saturated heterocycles. The van der Waals surface area contributed by atoms with Crippen molar-refractivity contribution in [2.45, 2.75) is 6.54 Å². The van der Waals surface area contributed by atoms with Crippen LogP contribution in [-0.2, 0) is 13.6 Å². The Morgan fingerprint density at radius 2 is 2.08 bits per heavy atom. The summed E-state index contributed by atoms with van der Waals surface area (Å²) in [5, 5.41) is 10.0. The number of nitrogens with one attached hydrogen (secondary N) is 2. The van der Waals surface area contributed by atoms with Crippen molar-refractivity contribution < 1.29 is 13.5 Å². The Hall–Kier alpha value is -2.94. The van der Waals surface area contributed by atoms with Gasteiger partial charge in [-0.05, 0) is 12.1 Å². The largest absolute Gasteiger partial charge is 0.494 e. The molecule has 10 heteroatoms. The number of halogens is 3. The highest BCUT2D eigenvalue weighted by atomic mass is 35.5. The van der Waals surface area contributed by atoms with Gasteiger partial charge in [-0.15, -0.1) is 0 Å². The maximum Gasteiger partial charge on any atom is 0.229 e. The van der Waals surface area contributed by atoms with Crippen LogP contribution in [0.15, 0.2) is 30.7 Å². The lowest BCUT2D eigenvalue weighted by Crippen LogP contribution is -2.08. The number of ether oxygens (including phenoxy) is 1. The SMILES string of the molecule is COc1ccc(F)c(CNc2nc(Nc3cnn(C)c3)ncc2Cl)c1F. The predicted molar refractivity (Wildman–Crippen MR) is 93.8 cm³/mol. The molecular formula is C16H15ClF2N6O. The zero-order valence-electron chi connectivity index (χ0n) is 13.9. The van der Waals surface area contributed by atoms with Crippen molar-refractivity contribution in [3.8, 4) is 5.75 Å². The van der Waals surface area contributed by atoms with Crippen molar-refractivity contribution in [1.29, 1.82) is 0 Å². The van der Waals surface area contributed by atoms with Crippen molar-refractivity contribution in [2.75, 3.05) is 17.7 Å². The Labute approximate surface area is 153 Å². The van der Waals surface area contributed by atoms with Crippen LogP contribution in [0.4, 0.5) is 26.2 Å². The van der Waals surface area contributed by atoms with E-state index in [1.807, 2.05) is 0 Å². The van der Waals surface area contributed by atoms with Crippen LogP contribution in [0.2, 0.25) is 5.02 Å². The third kappa shape index (κ3) is 3.83. The lowest BCUT2D eigenvalue weighted by Gasteiger charge is -2.12. The summed E-state index contributed by atoms with van der Waals surface area (Å²) in [7, 11) is 3.09. The van der Waals surface area contributed by atoms with Crippen molar-refractivity contribution in [1.82, 2.24) is 19.7 Å². The standard InChI is InChI=1S/C16H15ClF2N6O/c1-25-8-9(5-22-25)23-16-21-7-11(17)15(24-16)20-6-10-12(18)3-4-13(26-2)14(10)19/h3-5,7-8H,6H2,1-2H3,(H2,20,21,23,24). The van der Waals surface area contributed by atoms with Crippen LogP contribution in [0.5, 0.6) is 5.75 Å². The van der Waals surface area contributed by atoms with Crippen LogP contribution in [0.25, 0.3) is 0 Å². The second-order valence-electron chi connectivity index (χ2n) is 5.31. The Morgan fingerprint density at radius 3 is 2.77 bits per heavy atom. The lowest BCUT2D eigenvalue weighted by molar-refractivity contribution is 0.381. The van der Waals surface area contributed by atoms with Crippen LogP contribution >= 0.6 is 11.6 Å². The van der Waals surface area contributed by atoms with E-state index in [9.17, 15) is 8.78 Å². The first kappa shape index (κ1) is 17.9. The summed E-state index contributed by atoms with van der Waals surface area (Å²) in [5.74, 6) is -1.03. The van der Waals surface area contributed by atoms with Gasteiger partial charge in [0.25, 0.3) is 0 Å². The number of rotatable bonds is 6. The molecule has 26 heavy (non-hydrogen) atoms. The van der Waals surface area contributed by atoms with E-state index in [-0.39, 0.29) is 34.6 Å². The molecule has 0 aliphatic rings.